The molecule has 0 unspecified atom stereocenters. The number of nitrogens with one attached hydrogen (secondary N) is 1. The van der Waals surface area contributed by atoms with Crippen LogP contribution in [-0.2, 0) is 6.54 Å². The van der Waals surface area contributed by atoms with Gasteiger partial charge in [-0.25, -0.2) is 4.98 Å². The van der Waals surface area contributed by atoms with E-state index in [1.54, 1.807) is 12.3 Å². The first-order valence-corrected chi connectivity index (χ1v) is 6.35. The van der Waals surface area contributed by atoms with Crippen molar-refractivity contribution >= 4 is 33.6 Å². The average molecular weight is 284 g/mol. The molecule has 2 rings (SSSR count). The second kappa shape index (κ2) is 5.32. The summed E-state index contributed by atoms with van der Waals surface area (Å²) in [5.74, 6) is 0. The van der Waals surface area contributed by atoms with E-state index in [2.05, 4.69) is 10.3 Å². The standard InChI is InChI=1S/C11H10ClN3O2S/c1-7-4-8(5-14-11(7)12)13-6-9-2-3-10(18-9)15(16)17/h2-5,13H,6H2,1H3. The first-order chi connectivity index (χ1) is 8.56. The van der Waals surface area contributed by atoms with Crippen LogP contribution in [0.4, 0.5) is 10.7 Å². The molecule has 0 amide bonds. The zero-order chi connectivity index (χ0) is 13.1. The Bertz CT molecular complexity index is 585. The zero-order valence-electron chi connectivity index (χ0n) is 9.51. The van der Waals surface area contributed by atoms with Gasteiger partial charge in [0.2, 0.25) is 0 Å². The Morgan fingerprint density at radius 1 is 1.56 bits per heavy atom. The van der Waals surface area contributed by atoms with E-state index in [0.29, 0.717) is 11.7 Å². The van der Waals surface area contributed by atoms with Gasteiger partial charge in [-0.05, 0) is 24.6 Å². The largest absolute Gasteiger partial charge is 0.379 e. The minimum absolute atomic E-state index is 0.150. The number of halogens is 1. The third-order valence-electron chi connectivity index (χ3n) is 2.31. The van der Waals surface area contributed by atoms with Crippen LogP contribution in [0.15, 0.2) is 24.4 Å². The number of pyridine rings is 1. The summed E-state index contributed by atoms with van der Waals surface area (Å²) in [4.78, 5) is 15.1. The maximum Gasteiger partial charge on any atom is 0.324 e. The number of rotatable bonds is 4. The fourth-order valence-corrected chi connectivity index (χ4v) is 2.27. The average Bonchev–Trinajstić information content (AvgIpc) is 2.79. The van der Waals surface area contributed by atoms with Crippen LogP contribution in [0, 0.1) is 17.0 Å². The molecule has 1 N–H and O–H groups in total. The normalized spacial score (nSPS) is 10.3. The molecule has 0 atom stereocenters. The van der Waals surface area contributed by atoms with E-state index < -0.39 is 0 Å². The minimum atomic E-state index is -0.387. The zero-order valence-corrected chi connectivity index (χ0v) is 11.1. The molecule has 0 radical (unpaired) electrons. The summed E-state index contributed by atoms with van der Waals surface area (Å²) < 4.78 is 0. The summed E-state index contributed by atoms with van der Waals surface area (Å²) in [6.07, 6.45) is 1.64. The monoisotopic (exact) mass is 283 g/mol. The second-order valence-corrected chi connectivity index (χ2v) is 5.19. The van der Waals surface area contributed by atoms with Crippen molar-refractivity contribution in [2.45, 2.75) is 13.5 Å². The molecule has 18 heavy (non-hydrogen) atoms. The fourth-order valence-electron chi connectivity index (χ4n) is 1.40. The number of anilines is 1. The summed E-state index contributed by atoms with van der Waals surface area (Å²) in [6, 6.07) is 5.14. The Labute approximate surface area is 113 Å². The highest BCUT2D eigenvalue weighted by atomic mass is 35.5. The van der Waals surface area contributed by atoms with Gasteiger partial charge in [0, 0.05) is 17.5 Å². The molecule has 94 valence electrons. The molecule has 0 saturated heterocycles. The molecule has 0 aliphatic rings. The third kappa shape index (κ3) is 2.96. The van der Waals surface area contributed by atoms with Crippen LogP contribution >= 0.6 is 22.9 Å². The highest BCUT2D eigenvalue weighted by Crippen LogP contribution is 2.25. The van der Waals surface area contributed by atoms with Gasteiger partial charge >= 0.3 is 5.00 Å². The van der Waals surface area contributed by atoms with Gasteiger partial charge in [0.1, 0.15) is 5.15 Å². The van der Waals surface area contributed by atoms with Crippen LogP contribution < -0.4 is 5.32 Å². The molecule has 0 fully saturated rings. The molecule has 0 aromatic carbocycles. The van der Waals surface area contributed by atoms with Gasteiger partial charge in [-0.15, -0.1) is 0 Å². The van der Waals surface area contributed by atoms with Crippen molar-refractivity contribution in [2.24, 2.45) is 0 Å². The lowest BCUT2D eigenvalue weighted by Gasteiger charge is -2.05. The highest BCUT2D eigenvalue weighted by molar-refractivity contribution is 7.15. The van der Waals surface area contributed by atoms with Crippen molar-refractivity contribution in [1.29, 1.82) is 0 Å². The number of nitro groups is 1. The lowest BCUT2D eigenvalue weighted by Crippen LogP contribution is -1.98. The van der Waals surface area contributed by atoms with Crippen molar-refractivity contribution in [2.75, 3.05) is 5.32 Å². The fraction of sp³-hybridized carbons (Fsp3) is 0.182. The molecule has 0 aliphatic heterocycles. The molecule has 0 bridgehead atoms. The van der Waals surface area contributed by atoms with Gasteiger partial charge < -0.3 is 5.32 Å². The first kappa shape index (κ1) is 12.8. The van der Waals surface area contributed by atoms with Crippen molar-refractivity contribution in [3.63, 3.8) is 0 Å². The van der Waals surface area contributed by atoms with Crippen LogP contribution in [0.3, 0.4) is 0 Å². The van der Waals surface area contributed by atoms with Gasteiger partial charge in [0.05, 0.1) is 16.8 Å². The number of nitrogens with zero attached hydrogens (tertiary/aromatic N) is 2. The van der Waals surface area contributed by atoms with Crippen molar-refractivity contribution in [1.82, 2.24) is 4.98 Å². The first-order valence-electron chi connectivity index (χ1n) is 5.15. The molecule has 0 saturated carbocycles. The predicted octanol–water partition coefficient (Wildman–Crippen LogP) is 3.63. The van der Waals surface area contributed by atoms with E-state index in [1.165, 1.54) is 6.07 Å². The van der Waals surface area contributed by atoms with E-state index in [0.717, 1.165) is 27.5 Å². The smallest absolute Gasteiger partial charge is 0.324 e. The summed E-state index contributed by atoms with van der Waals surface area (Å²) in [7, 11) is 0. The number of hydrogen-bond donors (Lipinski definition) is 1. The Kier molecular flexibility index (Phi) is 3.78. The molecule has 2 heterocycles. The molecule has 2 aromatic rings. The molecule has 5 nitrogen and oxygen atoms in total. The Morgan fingerprint density at radius 3 is 2.94 bits per heavy atom. The van der Waals surface area contributed by atoms with Crippen molar-refractivity contribution < 1.29 is 4.92 Å². The van der Waals surface area contributed by atoms with Crippen LogP contribution in [-0.4, -0.2) is 9.91 Å². The molecule has 7 heteroatoms. The van der Waals surface area contributed by atoms with E-state index in [9.17, 15) is 10.1 Å². The summed E-state index contributed by atoms with van der Waals surface area (Å²) >= 11 is 6.98. The van der Waals surface area contributed by atoms with Crippen molar-refractivity contribution in [3.8, 4) is 0 Å². The van der Waals surface area contributed by atoms with Crippen LogP contribution in [0.5, 0.6) is 0 Å². The van der Waals surface area contributed by atoms with Crippen molar-refractivity contribution in [3.05, 3.63) is 50.1 Å². The lowest BCUT2D eigenvalue weighted by atomic mass is 10.3. The molecular weight excluding hydrogens is 274 g/mol. The molecule has 0 aliphatic carbocycles. The van der Waals surface area contributed by atoms with Gasteiger partial charge in [0.25, 0.3) is 0 Å². The molecule has 2 aromatic heterocycles. The summed E-state index contributed by atoms with van der Waals surface area (Å²) in [5.41, 5.74) is 1.73. The summed E-state index contributed by atoms with van der Waals surface area (Å²) in [6.45, 7) is 2.40. The number of aryl methyl sites for hydroxylation is 1. The maximum atomic E-state index is 10.5. The van der Waals surface area contributed by atoms with E-state index in [-0.39, 0.29) is 9.92 Å². The predicted molar refractivity (Wildman–Crippen MR) is 72.3 cm³/mol. The van der Waals surface area contributed by atoms with Gasteiger partial charge in [-0.3, -0.25) is 10.1 Å². The molecule has 0 spiro atoms. The number of hydrogen-bond acceptors (Lipinski definition) is 5. The van der Waals surface area contributed by atoms with Gasteiger partial charge in [-0.2, -0.15) is 0 Å². The van der Waals surface area contributed by atoms with Gasteiger partial charge in [0.15, 0.2) is 0 Å². The Hall–Kier alpha value is -1.66. The van der Waals surface area contributed by atoms with E-state index in [4.69, 9.17) is 11.6 Å². The summed E-state index contributed by atoms with van der Waals surface area (Å²) in [5, 5.41) is 14.3. The molecular formula is C11H10ClN3O2S. The SMILES string of the molecule is Cc1cc(NCc2ccc([N+](=O)[O-])s2)cnc1Cl. The van der Waals surface area contributed by atoms with Crippen LogP contribution in [0.2, 0.25) is 5.15 Å². The Balaban J connectivity index is 2.02. The third-order valence-corrected chi connectivity index (χ3v) is 3.74. The number of thiophene rings is 1. The quantitative estimate of drug-likeness (QED) is 0.528. The van der Waals surface area contributed by atoms with E-state index in [1.807, 2.05) is 13.0 Å². The lowest BCUT2D eigenvalue weighted by molar-refractivity contribution is -0.380. The number of aromatic nitrogens is 1. The van der Waals surface area contributed by atoms with Crippen LogP contribution in [0.25, 0.3) is 0 Å². The minimum Gasteiger partial charge on any atom is -0.379 e. The van der Waals surface area contributed by atoms with Crippen LogP contribution in [0.1, 0.15) is 10.4 Å². The highest BCUT2D eigenvalue weighted by Gasteiger charge is 2.09. The maximum absolute atomic E-state index is 10.5. The Morgan fingerprint density at radius 2 is 2.33 bits per heavy atom. The van der Waals surface area contributed by atoms with E-state index >= 15 is 0 Å². The topological polar surface area (TPSA) is 68.1 Å². The second-order valence-electron chi connectivity index (χ2n) is 3.68. The van der Waals surface area contributed by atoms with Gasteiger partial charge in [-0.1, -0.05) is 22.9 Å².